The van der Waals surface area contributed by atoms with E-state index in [2.05, 4.69) is 17.2 Å². The molecule has 1 heterocycles. The molecule has 1 aromatic rings. The second-order valence-corrected chi connectivity index (χ2v) is 5.70. The minimum Gasteiger partial charge on any atom is -0.396 e. The van der Waals surface area contributed by atoms with E-state index >= 15 is 0 Å². The Labute approximate surface area is 131 Å². The highest BCUT2D eigenvalue weighted by Gasteiger charge is 2.13. The number of pyridine rings is 1. The van der Waals surface area contributed by atoms with Crippen molar-refractivity contribution in [2.45, 2.75) is 26.2 Å². The maximum atomic E-state index is 12.2. The van der Waals surface area contributed by atoms with E-state index in [1.165, 1.54) is 0 Å². The molecule has 0 aromatic carbocycles. The number of aliphatic hydroxyl groups is 1. The Balaban J connectivity index is 2.70. The molecular formula is C15H24ClN3O2. The van der Waals surface area contributed by atoms with Crippen molar-refractivity contribution in [2.75, 3.05) is 32.1 Å². The van der Waals surface area contributed by atoms with E-state index in [4.69, 9.17) is 16.7 Å². The van der Waals surface area contributed by atoms with Crippen LogP contribution in [0.4, 0.5) is 5.82 Å². The fraction of sp³-hybridized carbons (Fsp3) is 0.600. The van der Waals surface area contributed by atoms with Gasteiger partial charge in [-0.05, 0) is 30.9 Å². The summed E-state index contributed by atoms with van der Waals surface area (Å²) >= 11 is 5.95. The summed E-state index contributed by atoms with van der Waals surface area (Å²) in [4.78, 5) is 18.2. The van der Waals surface area contributed by atoms with Gasteiger partial charge in [-0.25, -0.2) is 4.98 Å². The molecule has 0 fully saturated rings. The fourth-order valence-corrected chi connectivity index (χ4v) is 2.33. The Morgan fingerprint density at radius 2 is 2.14 bits per heavy atom. The number of nitrogens with one attached hydrogen (secondary N) is 1. The highest BCUT2D eigenvalue weighted by Crippen LogP contribution is 2.17. The topological polar surface area (TPSA) is 65.5 Å². The van der Waals surface area contributed by atoms with Gasteiger partial charge in [0.2, 0.25) is 0 Å². The lowest BCUT2D eigenvalue weighted by Gasteiger charge is -2.16. The molecule has 2 N–H and O–H groups in total. The molecule has 0 aliphatic heterocycles. The molecule has 0 bridgehead atoms. The molecule has 1 amide bonds. The fourth-order valence-electron chi connectivity index (χ4n) is 2.12. The van der Waals surface area contributed by atoms with Gasteiger partial charge in [-0.2, -0.15) is 0 Å². The maximum Gasteiger partial charge on any atom is 0.251 e. The molecule has 0 radical (unpaired) electrons. The Morgan fingerprint density at radius 3 is 2.71 bits per heavy atom. The first-order valence-electron chi connectivity index (χ1n) is 7.21. The van der Waals surface area contributed by atoms with Crippen molar-refractivity contribution in [2.24, 2.45) is 5.92 Å². The predicted octanol–water partition coefficient (Wildman–Crippen LogP) is 2.33. The molecule has 1 rings (SSSR count). The molecule has 21 heavy (non-hydrogen) atoms. The lowest BCUT2D eigenvalue weighted by Crippen LogP contribution is -2.30. The van der Waals surface area contributed by atoms with Crippen molar-refractivity contribution in [3.63, 3.8) is 0 Å². The average molecular weight is 314 g/mol. The largest absolute Gasteiger partial charge is 0.396 e. The summed E-state index contributed by atoms with van der Waals surface area (Å²) in [5, 5.41) is 12.2. The van der Waals surface area contributed by atoms with Crippen LogP contribution in [0.15, 0.2) is 12.1 Å². The van der Waals surface area contributed by atoms with Crippen LogP contribution in [-0.2, 0) is 0 Å². The Hall–Kier alpha value is -1.33. The molecule has 0 spiro atoms. The van der Waals surface area contributed by atoms with Gasteiger partial charge in [0.1, 0.15) is 11.0 Å². The molecule has 1 aromatic heterocycles. The summed E-state index contributed by atoms with van der Waals surface area (Å²) in [5.41, 5.74) is 0.498. The van der Waals surface area contributed by atoms with Gasteiger partial charge in [0, 0.05) is 32.8 Å². The number of nitrogens with zero attached hydrogens (tertiary/aromatic N) is 2. The first-order chi connectivity index (χ1) is 9.97. The zero-order chi connectivity index (χ0) is 15.8. The van der Waals surface area contributed by atoms with Gasteiger partial charge in [0.05, 0.1) is 0 Å². The van der Waals surface area contributed by atoms with Crippen LogP contribution in [0.2, 0.25) is 5.15 Å². The third kappa shape index (κ3) is 5.89. The number of carbonyl (C=O) groups excluding carboxylic acids is 1. The Kier molecular flexibility index (Phi) is 7.47. The third-order valence-electron chi connectivity index (χ3n) is 3.29. The number of aliphatic hydroxyl groups excluding tert-OH is 1. The van der Waals surface area contributed by atoms with Crippen molar-refractivity contribution in [3.8, 4) is 0 Å². The second-order valence-electron chi connectivity index (χ2n) is 5.31. The minimum absolute atomic E-state index is 0.145. The van der Waals surface area contributed by atoms with Crippen LogP contribution in [0.25, 0.3) is 0 Å². The summed E-state index contributed by atoms with van der Waals surface area (Å²) in [5.74, 6) is 0.782. The summed E-state index contributed by atoms with van der Waals surface area (Å²) in [6.45, 7) is 2.80. The highest BCUT2D eigenvalue weighted by molar-refractivity contribution is 6.29. The monoisotopic (exact) mass is 313 g/mol. The Morgan fingerprint density at radius 1 is 1.43 bits per heavy atom. The van der Waals surface area contributed by atoms with Gasteiger partial charge in [-0.1, -0.05) is 24.9 Å². The van der Waals surface area contributed by atoms with Crippen LogP contribution in [0.3, 0.4) is 0 Å². The molecule has 1 unspecified atom stereocenters. The predicted molar refractivity (Wildman–Crippen MR) is 86.0 cm³/mol. The Bertz CT molecular complexity index is 460. The molecule has 0 saturated carbocycles. The van der Waals surface area contributed by atoms with Gasteiger partial charge in [0.25, 0.3) is 5.91 Å². The number of hydrogen-bond donors (Lipinski definition) is 2. The van der Waals surface area contributed by atoms with Gasteiger partial charge in [-0.15, -0.1) is 0 Å². The molecule has 5 nitrogen and oxygen atoms in total. The van der Waals surface area contributed by atoms with Crippen molar-refractivity contribution < 1.29 is 9.90 Å². The van der Waals surface area contributed by atoms with Crippen molar-refractivity contribution in [3.05, 3.63) is 22.8 Å². The number of amides is 1. The summed E-state index contributed by atoms with van der Waals surface area (Å²) < 4.78 is 0. The SMILES string of the molecule is CCCC(CCO)CNC(=O)c1cc(Cl)nc(N(C)C)c1. The summed E-state index contributed by atoms with van der Waals surface area (Å²) in [6.07, 6.45) is 2.72. The maximum absolute atomic E-state index is 12.2. The molecule has 6 heteroatoms. The smallest absolute Gasteiger partial charge is 0.251 e. The van der Waals surface area contributed by atoms with Crippen LogP contribution in [0.5, 0.6) is 0 Å². The molecule has 1 atom stereocenters. The van der Waals surface area contributed by atoms with Crippen LogP contribution >= 0.6 is 11.6 Å². The van der Waals surface area contributed by atoms with Gasteiger partial charge < -0.3 is 15.3 Å². The molecule has 0 saturated heterocycles. The van der Waals surface area contributed by atoms with Gasteiger partial charge in [0.15, 0.2) is 0 Å². The lowest BCUT2D eigenvalue weighted by molar-refractivity contribution is 0.0943. The number of rotatable bonds is 8. The van der Waals surface area contributed by atoms with E-state index in [9.17, 15) is 4.79 Å². The molecule has 0 aliphatic rings. The molecular weight excluding hydrogens is 290 g/mol. The first-order valence-corrected chi connectivity index (χ1v) is 7.59. The summed E-state index contributed by atoms with van der Waals surface area (Å²) in [7, 11) is 3.69. The van der Waals surface area contributed by atoms with Crippen molar-refractivity contribution >= 4 is 23.3 Å². The number of aromatic nitrogens is 1. The molecule has 118 valence electrons. The van der Waals surface area contributed by atoms with Crippen LogP contribution in [0, 0.1) is 5.92 Å². The van der Waals surface area contributed by atoms with Crippen molar-refractivity contribution in [1.82, 2.24) is 10.3 Å². The van der Waals surface area contributed by atoms with Gasteiger partial charge >= 0.3 is 0 Å². The lowest BCUT2D eigenvalue weighted by atomic mass is 10.00. The van der Waals surface area contributed by atoms with E-state index in [-0.39, 0.29) is 12.5 Å². The van der Waals surface area contributed by atoms with E-state index in [0.29, 0.717) is 35.4 Å². The quantitative estimate of drug-likeness (QED) is 0.723. The molecule has 0 aliphatic carbocycles. The zero-order valence-electron chi connectivity index (χ0n) is 12.9. The number of hydrogen-bond acceptors (Lipinski definition) is 4. The standard InChI is InChI=1S/C15H24ClN3O2/c1-4-5-11(6-7-20)10-17-15(21)12-8-13(16)18-14(9-12)19(2)3/h8-9,11,20H,4-7,10H2,1-3H3,(H,17,21). The second kappa shape index (κ2) is 8.85. The van der Waals surface area contributed by atoms with Crippen LogP contribution < -0.4 is 10.2 Å². The minimum atomic E-state index is -0.165. The van der Waals surface area contributed by atoms with Gasteiger partial charge in [-0.3, -0.25) is 4.79 Å². The number of halogens is 1. The van der Waals surface area contributed by atoms with E-state index in [1.54, 1.807) is 17.0 Å². The average Bonchev–Trinajstić information content (AvgIpc) is 2.44. The normalized spacial score (nSPS) is 12.0. The first kappa shape index (κ1) is 17.7. The van der Waals surface area contributed by atoms with Crippen LogP contribution in [0.1, 0.15) is 36.5 Å². The summed E-state index contributed by atoms with van der Waals surface area (Å²) in [6, 6.07) is 3.27. The number of carbonyl (C=O) groups is 1. The van der Waals surface area contributed by atoms with E-state index in [1.807, 2.05) is 14.1 Å². The van der Waals surface area contributed by atoms with Crippen LogP contribution in [-0.4, -0.2) is 43.2 Å². The number of anilines is 1. The third-order valence-corrected chi connectivity index (χ3v) is 3.48. The highest BCUT2D eigenvalue weighted by atomic mass is 35.5. The zero-order valence-corrected chi connectivity index (χ0v) is 13.7. The van der Waals surface area contributed by atoms with E-state index < -0.39 is 0 Å². The van der Waals surface area contributed by atoms with E-state index in [0.717, 1.165) is 12.8 Å². The van der Waals surface area contributed by atoms with Crippen molar-refractivity contribution in [1.29, 1.82) is 0 Å².